The van der Waals surface area contributed by atoms with E-state index >= 15 is 0 Å². The lowest BCUT2D eigenvalue weighted by Crippen LogP contribution is -3.00. The average Bonchev–Trinajstić information content (AvgIpc) is 2.73. The van der Waals surface area contributed by atoms with Crippen molar-refractivity contribution in [2.24, 2.45) is 0 Å². The number of para-hydroxylation sites is 1. The Hall–Kier alpha value is -1.38. The molecule has 3 aromatic rings. The zero-order valence-corrected chi connectivity index (χ0v) is 19.6. The first-order valence-corrected chi connectivity index (χ1v) is 12.0. The average molecular weight is 504 g/mol. The number of unbranched alkanes of at least 4 members (excludes halogenated alkanes) is 4. The van der Waals surface area contributed by atoms with Gasteiger partial charge < -0.3 is 29.1 Å². The van der Waals surface area contributed by atoms with Crippen LogP contribution in [0.15, 0.2) is 84.9 Å². The fourth-order valence-corrected chi connectivity index (χ4v) is 8.39. The second-order valence-electron chi connectivity index (χ2n) is 7.11. The molecule has 0 radical (unpaired) electrons. The Kier molecular flexibility index (Phi) is 9.47. The largest absolute Gasteiger partial charge is 1.00 e. The number of hydrogen-bond acceptors (Lipinski definition) is 1. The molecule has 0 fully saturated rings. The van der Waals surface area contributed by atoms with Crippen LogP contribution < -0.4 is 39.9 Å². The monoisotopic (exact) mass is 504 g/mol. The third-order valence-electron chi connectivity index (χ3n) is 5.28. The molecule has 148 valence electrons. The molecule has 0 aliphatic carbocycles. The summed E-state index contributed by atoms with van der Waals surface area (Å²) >= 11 is 0. The van der Waals surface area contributed by atoms with Gasteiger partial charge in [0.15, 0.2) is 5.75 Å². The Bertz CT molecular complexity index is 781. The normalized spacial score (nSPS) is 11.0. The number of aromatic hydroxyl groups is 1. The number of hydrogen-bond donors (Lipinski definition) is 1. The third-order valence-corrected chi connectivity index (χ3v) is 9.83. The van der Waals surface area contributed by atoms with Crippen molar-refractivity contribution in [2.45, 2.75) is 39.0 Å². The summed E-state index contributed by atoms with van der Waals surface area (Å²) in [6, 6.07) is 29.6. The lowest BCUT2D eigenvalue weighted by atomic mass is 10.2. The minimum Gasteiger partial charge on any atom is -1.00 e. The van der Waals surface area contributed by atoms with E-state index in [1.807, 2.05) is 12.1 Å². The standard InChI is InChI=1S/C25H29OP.HI/c1-2-3-4-5-14-21-27(22-15-8-6-9-16-22,23-17-10-7-11-18-23)25-20-13-12-19-24(25)26;/h6-13,15-20H,2-5,14,21H2,1H3;1H. The van der Waals surface area contributed by atoms with Gasteiger partial charge in [-0.2, -0.15) is 0 Å². The van der Waals surface area contributed by atoms with E-state index in [1.54, 1.807) is 0 Å². The molecule has 28 heavy (non-hydrogen) atoms. The number of halogens is 1. The molecule has 0 amide bonds. The van der Waals surface area contributed by atoms with E-state index in [0.29, 0.717) is 5.75 Å². The molecular weight excluding hydrogens is 474 g/mol. The van der Waals surface area contributed by atoms with E-state index in [-0.39, 0.29) is 24.0 Å². The Morgan fingerprint density at radius 2 is 1.14 bits per heavy atom. The van der Waals surface area contributed by atoms with Gasteiger partial charge in [0.2, 0.25) is 0 Å². The maximum absolute atomic E-state index is 10.8. The summed E-state index contributed by atoms with van der Waals surface area (Å²) in [5, 5.41) is 14.7. The molecule has 0 saturated heterocycles. The molecule has 0 unspecified atom stereocenters. The van der Waals surface area contributed by atoms with Gasteiger partial charge in [-0.25, -0.2) is 0 Å². The molecule has 0 aliphatic rings. The van der Waals surface area contributed by atoms with Gasteiger partial charge in [0.25, 0.3) is 0 Å². The predicted molar refractivity (Wildman–Crippen MR) is 120 cm³/mol. The van der Waals surface area contributed by atoms with Crippen LogP contribution in [0.2, 0.25) is 0 Å². The van der Waals surface area contributed by atoms with Gasteiger partial charge in [-0.3, -0.25) is 0 Å². The molecule has 0 bridgehead atoms. The first-order valence-electron chi connectivity index (χ1n) is 10.1. The Morgan fingerprint density at radius 1 is 0.643 bits per heavy atom. The molecule has 3 heteroatoms. The van der Waals surface area contributed by atoms with Crippen molar-refractivity contribution in [3.8, 4) is 5.75 Å². The van der Waals surface area contributed by atoms with Crippen molar-refractivity contribution < 1.29 is 29.1 Å². The smallest absolute Gasteiger partial charge is 0.158 e. The molecular formula is C25H30IOP. The summed E-state index contributed by atoms with van der Waals surface area (Å²) in [4.78, 5) is 0. The molecule has 0 spiro atoms. The van der Waals surface area contributed by atoms with E-state index < -0.39 is 7.26 Å². The summed E-state index contributed by atoms with van der Waals surface area (Å²) in [6.07, 6.45) is 7.40. The number of rotatable bonds is 9. The van der Waals surface area contributed by atoms with Crippen molar-refractivity contribution in [1.82, 2.24) is 0 Å². The van der Waals surface area contributed by atoms with Crippen molar-refractivity contribution in [3.05, 3.63) is 84.9 Å². The van der Waals surface area contributed by atoms with E-state index in [4.69, 9.17) is 0 Å². The van der Waals surface area contributed by atoms with Crippen LogP contribution in [0.25, 0.3) is 0 Å². The lowest BCUT2D eigenvalue weighted by Gasteiger charge is -2.28. The zero-order chi connectivity index (χ0) is 19.0. The lowest BCUT2D eigenvalue weighted by molar-refractivity contribution is -0.00000642. The first kappa shape index (κ1) is 22.9. The SMILES string of the molecule is CCCCCCC[P+](c1ccccc1)(c1ccccc1)c1ccccc1O.[I-]. The van der Waals surface area contributed by atoms with Crippen LogP contribution in [0.1, 0.15) is 39.0 Å². The molecule has 1 N–H and O–H groups in total. The topological polar surface area (TPSA) is 20.2 Å². The van der Waals surface area contributed by atoms with Crippen molar-refractivity contribution in [1.29, 1.82) is 0 Å². The second kappa shape index (κ2) is 11.6. The van der Waals surface area contributed by atoms with E-state index in [1.165, 1.54) is 42.7 Å². The van der Waals surface area contributed by atoms with Crippen molar-refractivity contribution in [3.63, 3.8) is 0 Å². The second-order valence-corrected chi connectivity index (χ2v) is 10.7. The molecule has 1 nitrogen and oxygen atoms in total. The van der Waals surface area contributed by atoms with E-state index in [9.17, 15) is 5.11 Å². The third kappa shape index (κ3) is 5.15. The van der Waals surface area contributed by atoms with Gasteiger partial charge >= 0.3 is 0 Å². The highest BCUT2D eigenvalue weighted by atomic mass is 127. The van der Waals surface area contributed by atoms with E-state index in [2.05, 4.69) is 79.7 Å². The maximum Gasteiger partial charge on any atom is 0.158 e. The van der Waals surface area contributed by atoms with E-state index in [0.717, 1.165) is 11.5 Å². The Balaban J connectivity index is 0.00000280. The van der Waals surface area contributed by atoms with Gasteiger partial charge in [-0.15, -0.1) is 0 Å². The minimum absolute atomic E-state index is 0. The van der Waals surface area contributed by atoms with Crippen LogP contribution in [-0.4, -0.2) is 11.3 Å². The summed E-state index contributed by atoms with van der Waals surface area (Å²) in [7, 11) is -1.89. The quantitative estimate of drug-likeness (QED) is 0.270. The minimum atomic E-state index is -1.89. The predicted octanol–water partition coefficient (Wildman–Crippen LogP) is 2.66. The van der Waals surface area contributed by atoms with Crippen LogP contribution in [0.5, 0.6) is 5.75 Å². The summed E-state index contributed by atoms with van der Waals surface area (Å²) in [6.45, 7) is 2.26. The number of phenolic OH excluding ortho intramolecular Hbond substituents is 1. The van der Waals surface area contributed by atoms with Gasteiger partial charge in [0.1, 0.15) is 23.2 Å². The molecule has 0 heterocycles. The number of phenols is 1. The van der Waals surface area contributed by atoms with Crippen molar-refractivity contribution >= 4 is 23.2 Å². The van der Waals surface area contributed by atoms with Crippen LogP contribution in [0, 0.1) is 0 Å². The Morgan fingerprint density at radius 3 is 1.68 bits per heavy atom. The summed E-state index contributed by atoms with van der Waals surface area (Å²) in [5.41, 5.74) is 0. The molecule has 0 atom stereocenters. The molecule has 3 rings (SSSR count). The van der Waals surface area contributed by atoms with Crippen LogP contribution >= 0.6 is 7.26 Å². The molecule has 0 aliphatic heterocycles. The van der Waals surface area contributed by atoms with Gasteiger partial charge in [-0.05, 0) is 49.2 Å². The summed E-state index contributed by atoms with van der Waals surface area (Å²) in [5.74, 6) is 0.423. The highest BCUT2D eigenvalue weighted by molar-refractivity contribution is 7.95. The first-order chi connectivity index (χ1) is 13.3. The van der Waals surface area contributed by atoms with Gasteiger partial charge in [0.05, 0.1) is 6.16 Å². The molecule has 0 aromatic heterocycles. The zero-order valence-electron chi connectivity index (χ0n) is 16.6. The number of benzene rings is 3. The van der Waals surface area contributed by atoms with Gasteiger partial charge in [0, 0.05) is 0 Å². The molecule has 0 saturated carbocycles. The van der Waals surface area contributed by atoms with Crippen LogP contribution in [-0.2, 0) is 0 Å². The van der Waals surface area contributed by atoms with Crippen LogP contribution in [0.4, 0.5) is 0 Å². The highest BCUT2D eigenvalue weighted by Gasteiger charge is 2.46. The van der Waals surface area contributed by atoms with Crippen molar-refractivity contribution in [2.75, 3.05) is 6.16 Å². The Labute approximate surface area is 187 Å². The fourth-order valence-electron chi connectivity index (χ4n) is 3.91. The molecule has 3 aromatic carbocycles. The fraction of sp³-hybridized carbons (Fsp3) is 0.280. The summed E-state index contributed by atoms with van der Waals surface area (Å²) < 4.78 is 0. The van der Waals surface area contributed by atoms with Crippen LogP contribution in [0.3, 0.4) is 0 Å². The van der Waals surface area contributed by atoms with Gasteiger partial charge in [-0.1, -0.05) is 74.7 Å². The highest BCUT2D eigenvalue weighted by Crippen LogP contribution is 2.57. The maximum atomic E-state index is 10.8.